The van der Waals surface area contributed by atoms with Crippen molar-refractivity contribution in [2.24, 2.45) is 0 Å². The van der Waals surface area contributed by atoms with Crippen LogP contribution in [0.2, 0.25) is 0 Å². The number of aryl methyl sites for hydroxylation is 1. The SMILES string of the molecule is COC(=O)c1ccc2c(=O)[nH]c(CS(=O)(=O)c3ccc(C)cc3)nc2c1. The number of benzene rings is 2. The molecule has 7 nitrogen and oxygen atoms in total. The van der Waals surface area contributed by atoms with E-state index in [9.17, 15) is 18.0 Å². The molecule has 26 heavy (non-hydrogen) atoms. The number of nitrogens with one attached hydrogen (secondary N) is 1. The van der Waals surface area contributed by atoms with Gasteiger partial charge in [-0.15, -0.1) is 0 Å². The fourth-order valence-electron chi connectivity index (χ4n) is 2.51. The Hall–Kier alpha value is -3.00. The molecule has 0 unspecified atom stereocenters. The summed E-state index contributed by atoms with van der Waals surface area (Å²) >= 11 is 0. The minimum absolute atomic E-state index is 0.00471. The van der Waals surface area contributed by atoms with Crippen molar-refractivity contribution in [3.63, 3.8) is 0 Å². The van der Waals surface area contributed by atoms with Gasteiger partial charge in [0.15, 0.2) is 9.84 Å². The number of methoxy groups -OCH3 is 1. The minimum Gasteiger partial charge on any atom is -0.465 e. The molecule has 8 heteroatoms. The summed E-state index contributed by atoms with van der Waals surface area (Å²) in [6.45, 7) is 1.86. The van der Waals surface area contributed by atoms with Crippen LogP contribution in [0.25, 0.3) is 10.9 Å². The van der Waals surface area contributed by atoms with Crippen molar-refractivity contribution in [3.05, 3.63) is 69.8 Å². The predicted molar refractivity (Wildman–Crippen MR) is 95.8 cm³/mol. The average Bonchev–Trinajstić information content (AvgIpc) is 2.60. The Labute approximate surface area is 149 Å². The lowest BCUT2D eigenvalue weighted by atomic mass is 10.1. The van der Waals surface area contributed by atoms with Gasteiger partial charge in [-0.05, 0) is 37.3 Å². The molecule has 0 bridgehead atoms. The van der Waals surface area contributed by atoms with E-state index >= 15 is 0 Å². The number of hydrogen-bond donors (Lipinski definition) is 1. The van der Waals surface area contributed by atoms with Gasteiger partial charge in [0.1, 0.15) is 11.6 Å². The van der Waals surface area contributed by atoms with Gasteiger partial charge in [-0.2, -0.15) is 0 Å². The van der Waals surface area contributed by atoms with Crippen molar-refractivity contribution in [2.45, 2.75) is 17.6 Å². The molecule has 3 aromatic rings. The number of rotatable bonds is 4. The predicted octanol–water partition coefficient (Wildman–Crippen LogP) is 1.99. The smallest absolute Gasteiger partial charge is 0.337 e. The first-order valence-corrected chi connectivity index (χ1v) is 9.36. The molecule has 0 spiro atoms. The maximum Gasteiger partial charge on any atom is 0.337 e. The Balaban J connectivity index is 2.03. The number of fused-ring (bicyclic) bond motifs is 1. The highest BCUT2D eigenvalue weighted by Gasteiger charge is 2.18. The summed E-state index contributed by atoms with van der Waals surface area (Å²) in [5.41, 5.74) is 0.924. The van der Waals surface area contributed by atoms with Crippen LogP contribution in [0.1, 0.15) is 21.7 Å². The third-order valence-corrected chi connectivity index (χ3v) is 5.53. The van der Waals surface area contributed by atoms with Gasteiger partial charge >= 0.3 is 5.97 Å². The highest BCUT2D eigenvalue weighted by atomic mass is 32.2. The summed E-state index contributed by atoms with van der Waals surface area (Å²) < 4.78 is 29.7. The molecule has 0 amide bonds. The van der Waals surface area contributed by atoms with E-state index in [1.807, 2.05) is 6.92 Å². The number of aromatic nitrogens is 2. The van der Waals surface area contributed by atoms with Crippen LogP contribution in [-0.4, -0.2) is 31.5 Å². The highest BCUT2D eigenvalue weighted by Crippen LogP contribution is 2.17. The number of hydrogen-bond acceptors (Lipinski definition) is 6. The molecule has 1 N–H and O–H groups in total. The molecule has 0 aliphatic rings. The Morgan fingerprint density at radius 2 is 1.85 bits per heavy atom. The number of nitrogens with zero attached hydrogens (tertiary/aromatic N) is 1. The molecule has 1 aromatic heterocycles. The molecule has 0 aliphatic carbocycles. The molecule has 0 atom stereocenters. The minimum atomic E-state index is -3.67. The number of H-pyrrole nitrogens is 1. The quantitative estimate of drug-likeness (QED) is 0.702. The Kier molecular flexibility index (Phi) is 4.60. The first kappa shape index (κ1) is 17.8. The topological polar surface area (TPSA) is 106 Å². The molecule has 134 valence electrons. The van der Waals surface area contributed by atoms with E-state index in [0.29, 0.717) is 0 Å². The number of sulfone groups is 1. The van der Waals surface area contributed by atoms with E-state index in [-0.39, 0.29) is 27.2 Å². The summed E-state index contributed by atoms with van der Waals surface area (Å²) in [4.78, 5) is 30.7. The van der Waals surface area contributed by atoms with Crippen molar-refractivity contribution in [3.8, 4) is 0 Å². The van der Waals surface area contributed by atoms with Crippen molar-refractivity contribution >= 4 is 26.7 Å². The average molecular weight is 372 g/mol. The van der Waals surface area contributed by atoms with Crippen LogP contribution in [0.4, 0.5) is 0 Å². The van der Waals surface area contributed by atoms with Gasteiger partial charge < -0.3 is 9.72 Å². The van der Waals surface area contributed by atoms with E-state index in [0.717, 1.165) is 5.56 Å². The van der Waals surface area contributed by atoms with Gasteiger partial charge in [-0.25, -0.2) is 18.2 Å². The Bertz CT molecular complexity index is 1150. The highest BCUT2D eigenvalue weighted by molar-refractivity contribution is 7.90. The lowest BCUT2D eigenvalue weighted by molar-refractivity contribution is 0.0601. The zero-order chi connectivity index (χ0) is 18.9. The zero-order valence-corrected chi connectivity index (χ0v) is 15.0. The number of esters is 1. The van der Waals surface area contributed by atoms with Crippen molar-refractivity contribution in [2.75, 3.05) is 7.11 Å². The van der Waals surface area contributed by atoms with Crippen molar-refractivity contribution in [1.82, 2.24) is 9.97 Å². The Morgan fingerprint density at radius 1 is 1.15 bits per heavy atom. The Morgan fingerprint density at radius 3 is 2.50 bits per heavy atom. The molecule has 1 heterocycles. The molecule has 0 saturated carbocycles. The standard InChI is InChI=1S/C18H16N2O5S/c1-11-3-6-13(7-4-11)26(23,24)10-16-19-15-9-12(18(22)25-2)5-8-14(15)17(21)20-16/h3-9H,10H2,1-2H3,(H,19,20,21). The summed E-state index contributed by atoms with van der Waals surface area (Å²) in [6.07, 6.45) is 0. The molecule has 0 radical (unpaired) electrons. The van der Waals surface area contributed by atoms with Crippen LogP contribution in [0.3, 0.4) is 0 Å². The fourth-order valence-corrected chi connectivity index (χ4v) is 3.72. The summed E-state index contributed by atoms with van der Waals surface area (Å²) in [5, 5.41) is 0.258. The largest absolute Gasteiger partial charge is 0.465 e. The van der Waals surface area contributed by atoms with Gasteiger partial charge in [0.25, 0.3) is 5.56 Å². The third kappa shape index (κ3) is 3.50. The zero-order valence-electron chi connectivity index (χ0n) is 14.1. The fraction of sp³-hybridized carbons (Fsp3) is 0.167. The first-order valence-electron chi connectivity index (χ1n) is 7.71. The molecule has 0 fully saturated rings. The van der Waals surface area contributed by atoms with E-state index in [4.69, 9.17) is 0 Å². The number of carbonyl (C=O) groups excluding carboxylic acids is 1. The van der Waals surface area contributed by atoms with E-state index in [1.54, 1.807) is 12.1 Å². The molecule has 2 aromatic carbocycles. The number of aromatic amines is 1. The van der Waals surface area contributed by atoms with Gasteiger partial charge in [0.05, 0.1) is 28.5 Å². The summed E-state index contributed by atoms with van der Waals surface area (Å²) in [6, 6.07) is 10.7. The van der Waals surface area contributed by atoms with Crippen LogP contribution in [-0.2, 0) is 20.3 Å². The summed E-state index contributed by atoms with van der Waals surface area (Å²) in [5.74, 6) is -1.02. The second kappa shape index (κ2) is 6.72. The van der Waals surface area contributed by atoms with Gasteiger partial charge in [0.2, 0.25) is 0 Å². The summed E-state index contributed by atoms with van der Waals surface area (Å²) in [7, 11) is -2.42. The number of ether oxygens (including phenoxy) is 1. The second-order valence-electron chi connectivity index (χ2n) is 5.81. The maximum atomic E-state index is 12.5. The molecule has 0 saturated heterocycles. The second-order valence-corrected chi connectivity index (χ2v) is 7.80. The van der Waals surface area contributed by atoms with Gasteiger partial charge in [-0.3, -0.25) is 4.79 Å². The normalized spacial score (nSPS) is 11.5. The van der Waals surface area contributed by atoms with Gasteiger partial charge in [0, 0.05) is 0 Å². The van der Waals surface area contributed by atoms with E-state index in [1.165, 1.54) is 37.4 Å². The van der Waals surface area contributed by atoms with E-state index < -0.39 is 27.1 Å². The first-order chi connectivity index (χ1) is 12.3. The van der Waals surface area contributed by atoms with Crippen LogP contribution >= 0.6 is 0 Å². The third-order valence-electron chi connectivity index (χ3n) is 3.88. The van der Waals surface area contributed by atoms with Gasteiger partial charge in [-0.1, -0.05) is 17.7 Å². The van der Waals surface area contributed by atoms with Crippen LogP contribution in [0, 0.1) is 6.92 Å². The number of carbonyl (C=O) groups is 1. The molecular weight excluding hydrogens is 356 g/mol. The molecule has 0 aliphatic heterocycles. The lowest BCUT2D eigenvalue weighted by Crippen LogP contribution is -2.16. The maximum absolute atomic E-state index is 12.5. The van der Waals surface area contributed by atoms with Crippen LogP contribution in [0.15, 0.2) is 52.2 Å². The van der Waals surface area contributed by atoms with Crippen molar-refractivity contribution < 1.29 is 17.9 Å². The molecular formula is C18H16N2O5S. The van der Waals surface area contributed by atoms with Crippen LogP contribution < -0.4 is 5.56 Å². The van der Waals surface area contributed by atoms with E-state index in [2.05, 4.69) is 14.7 Å². The van der Waals surface area contributed by atoms with Crippen LogP contribution in [0.5, 0.6) is 0 Å². The lowest BCUT2D eigenvalue weighted by Gasteiger charge is -2.06. The molecule has 3 rings (SSSR count). The van der Waals surface area contributed by atoms with Crippen molar-refractivity contribution in [1.29, 1.82) is 0 Å². The monoisotopic (exact) mass is 372 g/mol.